The van der Waals surface area contributed by atoms with Crippen molar-refractivity contribution in [3.63, 3.8) is 0 Å². The van der Waals surface area contributed by atoms with Gasteiger partial charge in [0.2, 0.25) is 0 Å². The molecule has 0 aliphatic heterocycles. The van der Waals surface area contributed by atoms with Gasteiger partial charge in [-0.3, -0.25) is 0 Å². The summed E-state index contributed by atoms with van der Waals surface area (Å²) in [5, 5.41) is 3.62. The number of hydrogen-bond acceptors (Lipinski definition) is 3. The van der Waals surface area contributed by atoms with E-state index in [9.17, 15) is 0 Å². The lowest BCUT2D eigenvalue weighted by molar-refractivity contribution is 0.573. The highest BCUT2D eigenvalue weighted by Gasteiger charge is 2.25. The van der Waals surface area contributed by atoms with Crippen molar-refractivity contribution in [2.75, 3.05) is 19.0 Å². The third kappa shape index (κ3) is 4.19. The van der Waals surface area contributed by atoms with Crippen LogP contribution in [0.5, 0.6) is 0 Å². The zero-order valence-electron chi connectivity index (χ0n) is 14.7. The van der Waals surface area contributed by atoms with Crippen LogP contribution in [0.3, 0.4) is 0 Å². The molecule has 0 saturated heterocycles. The van der Waals surface area contributed by atoms with E-state index in [1.807, 2.05) is 13.0 Å². The van der Waals surface area contributed by atoms with Gasteiger partial charge >= 0.3 is 0 Å². The maximum atomic E-state index is 6.15. The summed E-state index contributed by atoms with van der Waals surface area (Å²) < 4.78 is 0. The topological polar surface area (TPSA) is 41.3 Å². The Hall–Kier alpha value is -2.16. The van der Waals surface area contributed by atoms with Crippen molar-refractivity contribution in [3.05, 3.63) is 65.5 Å². The van der Waals surface area contributed by atoms with Crippen molar-refractivity contribution in [2.45, 2.75) is 38.6 Å². The molecule has 2 unspecified atom stereocenters. The highest BCUT2D eigenvalue weighted by atomic mass is 15.1. The van der Waals surface area contributed by atoms with Crippen LogP contribution in [0.4, 0.5) is 5.69 Å². The van der Waals surface area contributed by atoms with E-state index >= 15 is 0 Å². The number of benzene rings is 1. The van der Waals surface area contributed by atoms with Crippen LogP contribution in [0.15, 0.2) is 60.0 Å². The number of nitrogens with one attached hydrogen (secondary N) is 1. The molecule has 3 N–H and O–H groups in total. The van der Waals surface area contributed by atoms with Crippen LogP contribution in [-0.4, -0.2) is 20.1 Å². The minimum absolute atomic E-state index is 0.288. The van der Waals surface area contributed by atoms with Gasteiger partial charge in [-0.1, -0.05) is 37.3 Å². The molecule has 0 radical (unpaired) electrons. The molecule has 0 bridgehead atoms. The summed E-state index contributed by atoms with van der Waals surface area (Å²) in [5.41, 5.74) is 10.7. The Labute approximate surface area is 140 Å². The molecule has 124 valence electrons. The molecule has 1 aromatic rings. The lowest BCUT2D eigenvalue weighted by Gasteiger charge is -2.24. The molecule has 2 atom stereocenters. The second-order valence-corrected chi connectivity index (χ2v) is 6.22. The standard InChI is InChI=1S/C20H29N3/c1-5-8-20(18(21)6-2)22-19-10-7-9-17(19)15-11-13-16(14-12-15)23(3)4/h5,7-8,10-14,17,19,22H,6,9,21H2,1-4H3/b8-5-,20-18+. The van der Waals surface area contributed by atoms with Gasteiger partial charge in [-0.15, -0.1) is 0 Å². The fraction of sp³-hybridized carbons (Fsp3) is 0.400. The SMILES string of the molecule is C/C=C\C(NC1C=CCC1c1ccc(N(C)C)cc1)=C(/N)CC. The second kappa shape index (κ2) is 7.91. The first-order valence-corrected chi connectivity index (χ1v) is 8.38. The molecule has 0 amide bonds. The number of anilines is 1. The van der Waals surface area contributed by atoms with Gasteiger partial charge in [-0.25, -0.2) is 0 Å². The molecule has 0 spiro atoms. The van der Waals surface area contributed by atoms with Gasteiger partial charge in [0.05, 0.1) is 11.7 Å². The van der Waals surface area contributed by atoms with Crippen molar-refractivity contribution in [1.82, 2.24) is 5.32 Å². The minimum Gasteiger partial charge on any atom is -0.400 e. The second-order valence-electron chi connectivity index (χ2n) is 6.22. The molecule has 23 heavy (non-hydrogen) atoms. The lowest BCUT2D eigenvalue weighted by atomic mass is 9.92. The Bertz CT molecular complexity index is 594. The summed E-state index contributed by atoms with van der Waals surface area (Å²) in [5.74, 6) is 0.455. The summed E-state index contributed by atoms with van der Waals surface area (Å²) in [6.07, 6.45) is 10.5. The maximum absolute atomic E-state index is 6.15. The zero-order chi connectivity index (χ0) is 16.8. The summed E-state index contributed by atoms with van der Waals surface area (Å²) >= 11 is 0. The predicted octanol–water partition coefficient (Wildman–Crippen LogP) is 3.91. The normalized spacial score (nSPS) is 21.6. The molecule has 0 saturated carbocycles. The summed E-state index contributed by atoms with van der Waals surface area (Å²) in [7, 11) is 4.14. The van der Waals surface area contributed by atoms with Crippen molar-refractivity contribution in [3.8, 4) is 0 Å². The van der Waals surface area contributed by atoms with Crippen LogP contribution in [-0.2, 0) is 0 Å². The smallest absolute Gasteiger partial charge is 0.0532 e. The van der Waals surface area contributed by atoms with E-state index in [0.717, 1.165) is 24.2 Å². The molecule has 0 aromatic heterocycles. The summed E-state index contributed by atoms with van der Waals surface area (Å²) in [6.45, 7) is 4.11. The quantitative estimate of drug-likeness (QED) is 0.618. The number of allylic oxidation sites excluding steroid dienone is 4. The lowest BCUT2D eigenvalue weighted by Crippen LogP contribution is -2.31. The van der Waals surface area contributed by atoms with Gasteiger partial charge in [0, 0.05) is 31.4 Å². The molecule has 3 nitrogen and oxygen atoms in total. The number of rotatable bonds is 6. The minimum atomic E-state index is 0.288. The Balaban J connectivity index is 2.17. The van der Waals surface area contributed by atoms with Crippen molar-refractivity contribution in [2.24, 2.45) is 5.73 Å². The monoisotopic (exact) mass is 311 g/mol. The molecule has 1 aliphatic rings. The van der Waals surface area contributed by atoms with Crippen LogP contribution < -0.4 is 16.0 Å². The van der Waals surface area contributed by atoms with E-state index in [1.165, 1.54) is 11.3 Å². The number of hydrogen-bond donors (Lipinski definition) is 2. The fourth-order valence-corrected chi connectivity index (χ4v) is 2.95. The van der Waals surface area contributed by atoms with Crippen molar-refractivity contribution < 1.29 is 0 Å². The summed E-state index contributed by atoms with van der Waals surface area (Å²) in [4.78, 5) is 2.13. The van der Waals surface area contributed by atoms with Gasteiger partial charge in [0.15, 0.2) is 0 Å². The van der Waals surface area contributed by atoms with Crippen molar-refractivity contribution in [1.29, 1.82) is 0 Å². The van der Waals surface area contributed by atoms with Gasteiger partial charge < -0.3 is 16.0 Å². The molecular formula is C20H29N3. The van der Waals surface area contributed by atoms with E-state index in [1.54, 1.807) is 0 Å². The first kappa shape index (κ1) is 17.2. The highest BCUT2D eigenvalue weighted by molar-refractivity contribution is 5.47. The molecule has 1 aromatic carbocycles. The van der Waals surface area contributed by atoms with E-state index in [0.29, 0.717) is 5.92 Å². The molecule has 1 aliphatic carbocycles. The van der Waals surface area contributed by atoms with Crippen LogP contribution >= 0.6 is 0 Å². The van der Waals surface area contributed by atoms with Crippen LogP contribution in [0.2, 0.25) is 0 Å². The van der Waals surface area contributed by atoms with E-state index in [4.69, 9.17) is 5.73 Å². The third-order valence-corrected chi connectivity index (χ3v) is 4.39. The molecule has 0 fully saturated rings. The van der Waals surface area contributed by atoms with Gasteiger partial charge in [0.1, 0.15) is 0 Å². The molecule has 2 rings (SSSR count). The zero-order valence-corrected chi connectivity index (χ0v) is 14.7. The van der Waals surface area contributed by atoms with Crippen LogP contribution in [0.25, 0.3) is 0 Å². The highest BCUT2D eigenvalue weighted by Crippen LogP contribution is 2.31. The first-order chi connectivity index (χ1) is 11.1. The Kier molecular flexibility index (Phi) is 5.91. The Morgan fingerprint density at radius 1 is 1.30 bits per heavy atom. The van der Waals surface area contributed by atoms with E-state index in [-0.39, 0.29) is 6.04 Å². The third-order valence-electron chi connectivity index (χ3n) is 4.39. The van der Waals surface area contributed by atoms with Crippen LogP contribution in [0.1, 0.15) is 38.2 Å². The maximum Gasteiger partial charge on any atom is 0.0532 e. The Morgan fingerprint density at radius 2 is 2.00 bits per heavy atom. The molecule has 0 heterocycles. The number of nitrogens with zero attached hydrogens (tertiary/aromatic N) is 1. The van der Waals surface area contributed by atoms with Crippen molar-refractivity contribution >= 4 is 5.69 Å². The van der Waals surface area contributed by atoms with Gasteiger partial charge in [-0.2, -0.15) is 0 Å². The van der Waals surface area contributed by atoms with Gasteiger partial charge in [-0.05, 0) is 43.5 Å². The largest absolute Gasteiger partial charge is 0.400 e. The number of nitrogens with two attached hydrogens (primary N) is 1. The van der Waals surface area contributed by atoms with E-state index in [2.05, 4.69) is 73.7 Å². The molecular weight excluding hydrogens is 282 g/mol. The average molecular weight is 311 g/mol. The summed E-state index contributed by atoms with van der Waals surface area (Å²) in [6, 6.07) is 9.15. The fourth-order valence-electron chi connectivity index (χ4n) is 2.95. The van der Waals surface area contributed by atoms with Crippen LogP contribution in [0, 0.1) is 0 Å². The van der Waals surface area contributed by atoms with Gasteiger partial charge in [0.25, 0.3) is 0 Å². The Morgan fingerprint density at radius 3 is 2.57 bits per heavy atom. The predicted molar refractivity (Wildman–Crippen MR) is 101 cm³/mol. The first-order valence-electron chi connectivity index (χ1n) is 8.38. The van der Waals surface area contributed by atoms with E-state index < -0.39 is 0 Å². The molecule has 3 heteroatoms. The average Bonchev–Trinajstić information content (AvgIpc) is 3.02.